The van der Waals surface area contributed by atoms with E-state index in [4.69, 9.17) is 0 Å². The fraction of sp³-hybridized carbons (Fsp3) is 0.467. The van der Waals surface area contributed by atoms with Crippen molar-refractivity contribution in [1.82, 2.24) is 10.2 Å². The summed E-state index contributed by atoms with van der Waals surface area (Å²) in [7, 11) is 0. The summed E-state index contributed by atoms with van der Waals surface area (Å²) in [5.74, 6) is -0.195. The second-order valence-electron chi connectivity index (χ2n) is 5.11. The van der Waals surface area contributed by atoms with E-state index < -0.39 is 0 Å². The Morgan fingerprint density at radius 2 is 2.00 bits per heavy atom. The van der Waals surface area contributed by atoms with E-state index in [1.54, 1.807) is 6.07 Å². The van der Waals surface area contributed by atoms with Gasteiger partial charge >= 0.3 is 0 Å². The largest absolute Gasteiger partial charge is 0.314 e. The first-order valence-corrected chi connectivity index (χ1v) is 7.42. The van der Waals surface area contributed by atoms with Gasteiger partial charge in [0, 0.05) is 32.2 Å². The molecule has 2 nitrogen and oxygen atoms in total. The molecule has 1 fully saturated rings. The first-order valence-electron chi connectivity index (χ1n) is 6.62. The molecule has 6 heteroatoms. The molecule has 120 valence electrons. The molecule has 1 heterocycles. The summed E-state index contributed by atoms with van der Waals surface area (Å²) in [6, 6.07) is 5.47. The number of benzene rings is 1. The Morgan fingerprint density at radius 3 is 2.57 bits per heavy atom. The molecule has 0 aromatic heterocycles. The van der Waals surface area contributed by atoms with Gasteiger partial charge in [0.05, 0.1) is 4.47 Å². The summed E-state index contributed by atoms with van der Waals surface area (Å²) in [5, 5.41) is 3.35. The van der Waals surface area contributed by atoms with Gasteiger partial charge in [-0.05, 0) is 40.9 Å². The van der Waals surface area contributed by atoms with Crippen molar-refractivity contribution < 1.29 is 4.39 Å². The monoisotopic (exact) mass is 398 g/mol. The number of nitrogens with zero attached hydrogens (tertiary/aromatic N) is 1. The highest BCUT2D eigenvalue weighted by Gasteiger charge is 2.24. The fourth-order valence-corrected chi connectivity index (χ4v) is 3.07. The van der Waals surface area contributed by atoms with Crippen molar-refractivity contribution in [3.63, 3.8) is 0 Å². The van der Waals surface area contributed by atoms with Crippen molar-refractivity contribution in [2.24, 2.45) is 0 Å². The molecule has 0 radical (unpaired) electrons. The quantitative estimate of drug-likeness (QED) is 0.757. The van der Waals surface area contributed by atoms with Crippen molar-refractivity contribution in [2.45, 2.75) is 19.4 Å². The molecule has 0 unspecified atom stereocenters. The standard InChI is InChI=1S/C15H20BrFN2.2ClH/c1-11(2)10-14(19-8-6-18-7-9-19)12-4-3-5-13(17)15(12)16;;/h3-5,14,18H,1,6-10H2,2H3;2*1H/t14-;;/m1../s1. The van der Waals surface area contributed by atoms with Crippen molar-refractivity contribution in [2.75, 3.05) is 26.2 Å². The van der Waals surface area contributed by atoms with Gasteiger partial charge in [0.25, 0.3) is 0 Å². The highest BCUT2D eigenvalue weighted by Crippen LogP contribution is 2.33. The zero-order chi connectivity index (χ0) is 13.8. The SMILES string of the molecule is C=C(C)C[C@H](c1cccc(F)c1Br)N1CCNCC1.Cl.Cl. The Labute approximate surface area is 147 Å². The molecular weight excluding hydrogens is 378 g/mol. The molecule has 1 aliphatic rings. The molecule has 1 N–H and O–H groups in total. The predicted octanol–water partition coefficient (Wildman–Crippen LogP) is 4.34. The third kappa shape index (κ3) is 5.53. The number of piperazine rings is 1. The molecule has 0 saturated carbocycles. The van der Waals surface area contributed by atoms with Gasteiger partial charge < -0.3 is 5.32 Å². The summed E-state index contributed by atoms with van der Waals surface area (Å²) >= 11 is 3.39. The minimum Gasteiger partial charge on any atom is -0.314 e. The minimum atomic E-state index is -0.195. The lowest BCUT2D eigenvalue weighted by molar-refractivity contribution is 0.171. The van der Waals surface area contributed by atoms with Crippen LogP contribution < -0.4 is 5.32 Å². The van der Waals surface area contributed by atoms with Gasteiger partial charge in [-0.2, -0.15) is 0 Å². The summed E-state index contributed by atoms with van der Waals surface area (Å²) in [5.41, 5.74) is 2.14. The van der Waals surface area contributed by atoms with E-state index in [1.807, 2.05) is 13.0 Å². The van der Waals surface area contributed by atoms with E-state index in [-0.39, 0.29) is 36.7 Å². The number of hydrogen-bond donors (Lipinski definition) is 1. The maximum Gasteiger partial charge on any atom is 0.137 e. The molecule has 1 saturated heterocycles. The maximum absolute atomic E-state index is 13.7. The van der Waals surface area contributed by atoms with E-state index >= 15 is 0 Å². The smallest absolute Gasteiger partial charge is 0.137 e. The topological polar surface area (TPSA) is 15.3 Å². The van der Waals surface area contributed by atoms with Crippen LogP contribution >= 0.6 is 40.7 Å². The summed E-state index contributed by atoms with van der Waals surface area (Å²) in [6.45, 7) is 9.99. The second kappa shape index (κ2) is 9.80. The Kier molecular flexibility index (Phi) is 9.74. The molecule has 0 amide bonds. The number of halogens is 4. The maximum atomic E-state index is 13.7. The molecule has 0 spiro atoms. The summed E-state index contributed by atoms with van der Waals surface area (Å²) in [4.78, 5) is 2.41. The van der Waals surface area contributed by atoms with Crippen LogP contribution in [0.15, 0.2) is 34.8 Å². The first kappa shape index (κ1) is 20.9. The van der Waals surface area contributed by atoms with E-state index in [9.17, 15) is 4.39 Å². The van der Waals surface area contributed by atoms with Gasteiger partial charge in [-0.25, -0.2) is 4.39 Å². The summed E-state index contributed by atoms with van der Waals surface area (Å²) < 4.78 is 14.3. The van der Waals surface area contributed by atoms with Crippen LogP contribution in [-0.2, 0) is 0 Å². The van der Waals surface area contributed by atoms with Crippen molar-refractivity contribution in [3.05, 3.63) is 46.2 Å². The normalized spacial score (nSPS) is 16.5. The lowest BCUT2D eigenvalue weighted by Crippen LogP contribution is -2.45. The number of hydrogen-bond acceptors (Lipinski definition) is 2. The fourth-order valence-electron chi connectivity index (χ4n) is 2.54. The van der Waals surface area contributed by atoms with Gasteiger partial charge in [-0.1, -0.05) is 17.7 Å². The third-order valence-electron chi connectivity index (χ3n) is 3.47. The van der Waals surface area contributed by atoms with Crippen LogP contribution in [0.25, 0.3) is 0 Å². The highest BCUT2D eigenvalue weighted by molar-refractivity contribution is 9.10. The Morgan fingerprint density at radius 1 is 1.38 bits per heavy atom. The molecular formula is C15H22BrCl2FN2. The van der Waals surface area contributed by atoms with Crippen LogP contribution in [0.4, 0.5) is 4.39 Å². The van der Waals surface area contributed by atoms with Crippen molar-refractivity contribution >= 4 is 40.7 Å². The van der Waals surface area contributed by atoms with Crippen molar-refractivity contribution in [1.29, 1.82) is 0 Å². The average molecular weight is 400 g/mol. The van der Waals surface area contributed by atoms with Crippen LogP contribution in [0.5, 0.6) is 0 Å². The van der Waals surface area contributed by atoms with Crippen LogP contribution in [0.1, 0.15) is 24.9 Å². The molecule has 21 heavy (non-hydrogen) atoms. The van der Waals surface area contributed by atoms with Crippen LogP contribution in [0, 0.1) is 5.82 Å². The van der Waals surface area contributed by atoms with E-state index in [0.717, 1.165) is 43.7 Å². The Bertz CT molecular complexity index is 465. The van der Waals surface area contributed by atoms with Gasteiger partial charge in [0.15, 0.2) is 0 Å². The molecule has 1 aliphatic heterocycles. The Hall–Kier alpha value is -0.130. The third-order valence-corrected chi connectivity index (χ3v) is 4.31. The number of rotatable bonds is 4. The molecule has 0 bridgehead atoms. The zero-order valence-corrected chi connectivity index (χ0v) is 15.3. The zero-order valence-electron chi connectivity index (χ0n) is 12.1. The molecule has 0 aliphatic carbocycles. The lowest BCUT2D eigenvalue weighted by Gasteiger charge is -2.36. The van der Waals surface area contributed by atoms with Gasteiger partial charge in [-0.15, -0.1) is 31.4 Å². The first-order chi connectivity index (χ1) is 9.09. The van der Waals surface area contributed by atoms with E-state index in [1.165, 1.54) is 6.07 Å². The summed E-state index contributed by atoms with van der Waals surface area (Å²) in [6.07, 6.45) is 0.863. The van der Waals surface area contributed by atoms with Crippen LogP contribution in [-0.4, -0.2) is 31.1 Å². The average Bonchev–Trinajstić information content (AvgIpc) is 2.40. The Balaban J connectivity index is 0.00000200. The van der Waals surface area contributed by atoms with Gasteiger partial charge in [0.1, 0.15) is 5.82 Å². The second-order valence-corrected chi connectivity index (χ2v) is 5.90. The predicted molar refractivity (Wildman–Crippen MR) is 95.2 cm³/mol. The van der Waals surface area contributed by atoms with E-state index in [0.29, 0.717) is 4.47 Å². The molecule has 1 atom stereocenters. The van der Waals surface area contributed by atoms with Gasteiger partial charge in [0.2, 0.25) is 0 Å². The highest BCUT2D eigenvalue weighted by atomic mass is 79.9. The van der Waals surface area contributed by atoms with Crippen LogP contribution in [0.2, 0.25) is 0 Å². The molecule has 1 aromatic carbocycles. The molecule has 2 rings (SSSR count). The lowest BCUT2D eigenvalue weighted by atomic mass is 9.98. The minimum absolute atomic E-state index is 0. The van der Waals surface area contributed by atoms with Gasteiger partial charge in [-0.3, -0.25) is 4.90 Å². The van der Waals surface area contributed by atoms with Crippen LogP contribution in [0.3, 0.4) is 0 Å². The number of nitrogens with one attached hydrogen (secondary N) is 1. The van der Waals surface area contributed by atoms with E-state index in [2.05, 4.69) is 32.7 Å². The molecule has 1 aromatic rings. The van der Waals surface area contributed by atoms with Crippen molar-refractivity contribution in [3.8, 4) is 0 Å².